The Bertz CT molecular complexity index is 1730. The van der Waals surface area contributed by atoms with Crippen molar-refractivity contribution < 1.29 is 14.5 Å². The van der Waals surface area contributed by atoms with Crippen molar-refractivity contribution in [2.75, 3.05) is 16.3 Å². The molecule has 0 bridgehead atoms. The van der Waals surface area contributed by atoms with Gasteiger partial charge in [-0.25, -0.2) is 0 Å². The highest BCUT2D eigenvalue weighted by Crippen LogP contribution is 2.58. The van der Waals surface area contributed by atoms with E-state index in [-0.39, 0.29) is 41.5 Å². The number of para-hydroxylation sites is 1. The van der Waals surface area contributed by atoms with E-state index in [4.69, 9.17) is 0 Å². The number of ketones is 1. The molecule has 1 aromatic heterocycles. The fourth-order valence-electron chi connectivity index (χ4n) is 6.32. The molecule has 1 aliphatic carbocycles. The van der Waals surface area contributed by atoms with E-state index in [1.807, 2.05) is 25.1 Å². The lowest BCUT2D eigenvalue weighted by atomic mass is 9.63. The number of hydrogen-bond acceptors (Lipinski definition) is 6. The molecule has 3 aromatic rings. The van der Waals surface area contributed by atoms with Crippen molar-refractivity contribution in [3.63, 3.8) is 0 Å². The fourth-order valence-corrected chi connectivity index (χ4v) is 6.32. The van der Waals surface area contributed by atoms with Crippen LogP contribution in [0.15, 0.2) is 96.5 Å². The van der Waals surface area contributed by atoms with Crippen molar-refractivity contribution >= 4 is 34.6 Å². The van der Waals surface area contributed by atoms with E-state index in [0.29, 0.717) is 41.3 Å². The molecule has 198 valence electrons. The average molecular weight is 532 g/mol. The number of nitro benzene ring substituents is 1. The number of carbonyl (C=O) groups is 2. The Morgan fingerprint density at radius 2 is 1.85 bits per heavy atom. The quantitative estimate of drug-likeness (QED) is 0.248. The lowest BCUT2D eigenvalue weighted by molar-refractivity contribution is -0.384. The maximum atomic E-state index is 14.7. The number of nitro groups is 1. The van der Waals surface area contributed by atoms with Gasteiger partial charge in [0.05, 0.1) is 16.2 Å². The lowest BCUT2D eigenvalue weighted by Gasteiger charge is -2.45. The zero-order valence-electron chi connectivity index (χ0n) is 21.8. The molecule has 2 aromatic carbocycles. The van der Waals surface area contributed by atoms with Crippen molar-refractivity contribution in [2.24, 2.45) is 0 Å². The van der Waals surface area contributed by atoms with Crippen LogP contribution in [-0.4, -0.2) is 27.7 Å². The third-order valence-electron chi connectivity index (χ3n) is 7.92. The molecule has 3 heterocycles. The van der Waals surface area contributed by atoms with Crippen molar-refractivity contribution in [3.8, 4) is 6.07 Å². The monoisotopic (exact) mass is 531 g/mol. The highest BCUT2D eigenvalue weighted by Gasteiger charge is 2.62. The number of hydrogen-bond donors (Lipinski definition) is 0. The Morgan fingerprint density at radius 1 is 1.10 bits per heavy atom. The van der Waals surface area contributed by atoms with Gasteiger partial charge in [0, 0.05) is 60.0 Å². The normalized spacial score (nSPS) is 20.1. The number of anilines is 2. The van der Waals surface area contributed by atoms with Crippen LogP contribution in [0.4, 0.5) is 17.1 Å². The van der Waals surface area contributed by atoms with Crippen LogP contribution < -0.4 is 9.80 Å². The van der Waals surface area contributed by atoms with E-state index in [9.17, 15) is 25.0 Å². The first-order chi connectivity index (χ1) is 19.4. The summed E-state index contributed by atoms with van der Waals surface area (Å²) in [4.78, 5) is 43.3. The number of nitriles is 1. The second kappa shape index (κ2) is 9.20. The van der Waals surface area contributed by atoms with Gasteiger partial charge in [-0.15, -0.1) is 6.58 Å². The zero-order chi connectivity index (χ0) is 28.2. The summed E-state index contributed by atoms with van der Waals surface area (Å²) in [5.74, 6) is -0.224. The standard InChI is InChI=1S/C31H25N5O4/c1-3-15-34-24-10-5-4-9-22(24)31(30(34)38)23(19-32)29(33-16-6-7-17-33)35(25-11-8-12-27(37)28(25)31)26-18-21(36(39)40)14-13-20(26)2/h3-7,9-10,13-14,16-18H,1,8,11-12,15H2,2H3. The number of nitrogens with zero attached hydrogens (tertiary/aromatic N) is 5. The predicted octanol–water partition coefficient (Wildman–Crippen LogP) is 5.39. The summed E-state index contributed by atoms with van der Waals surface area (Å²) in [6, 6.07) is 17.8. The van der Waals surface area contributed by atoms with E-state index in [0.717, 1.165) is 5.56 Å². The minimum absolute atomic E-state index is 0.0904. The van der Waals surface area contributed by atoms with Gasteiger partial charge in [0.25, 0.3) is 5.69 Å². The molecular formula is C31H25N5O4. The summed E-state index contributed by atoms with van der Waals surface area (Å²) in [5, 5.41) is 22.7. The lowest BCUT2D eigenvalue weighted by Crippen LogP contribution is -2.51. The molecule has 0 saturated carbocycles. The average Bonchev–Trinajstić information content (AvgIpc) is 3.56. The summed E-state index contributed by atoms with van der Waals surface area (Å²) in [5.41, 5.74) is 1.55. The molecule has 2 aliphatic heterocycles. The van der Waals surface area contributed by atoms with Gasteiger partial charge < -0.3 is 9.47 Å². The Hall–Kier alpha value is -5.23. The van der Waals surface area contributed by atoms with Crippen molar-refractivity contribution in [1.82, 2.24) is 4.57 Å². The molecule has 9 heteroatoms. The molecule has 1 atom stereocenters. The van der Waals surface area contributed by atoms with Crippen molar-refractivity contribution in [1.29, 1.82) is 5.26 Å². The molecule has 0 fully saturated rings. The molecule has 9 nitrogen and oxygen atoms in total. The highest BCUT2D eigenvalue weighted by molar-refractivity contribution is 6.22. The number of aromatic nitrogens is 1. The molecule has 1 amide bonds. The predicted molar refractivity (Wildman–Crippen MR) is 150 cm³/mol. The molecule has 40 heavy (non-hydrogen) atoms. The maximum absolute atomic E-state index is 14.7. The fraction of sp³-hybridized carbons (Fsp3) is 0.194. The Morgan fingerprint density at radius 3 is 2.55 bits per heavy atom. The number of carbonyl (C=O) groups excluding carboxylic acids is 2. The number of fused-ring (bicyclic) bond motifs is 3. The Labute approximate surface area is 230 Å². The summed E-state index contributed by atoms with van der Waals surface area (Å²) < 4.78 is 1.74. The van der Waals surface area contributed by atoms with Gasteiger partial charge in [-0.3, -0.25) is 24.6 Å². The maximum Gasteiger partial charge on any atom is 0.271 e. The van der Waals surface area contributed by atoms with E-state index in [1.165, 1.54) is 12.1 Å². The first-order valence-corrected chi connectivity index (χ1v) is 13.0. The molecule has 6 rings (SSSR count). The summed E-state index contributed by atoms with van der Waals surface area (Å²) in [6.45, 7) is 5.86. The van der Waals surface area contributed by atoms with Gasteiger partial charge >= 0.3 is 0 Å². The minimum Gasteiger partial charge on any atom is -0.309 e. The number of non-ortho nitro benzene ring substituents is 1. The molecule has 0 saturated heterocycles. The van der Waals surface area contributed by atoms with Gasteiger partial charge in [0.1, 0.15) is 17.3 Å². The van der Waals surface area contributed by atoms with Crippen LogP contribution in [0.2, 0.25) is 0 Å². The van der Waals surface area contributed by atoms with E-state index >= 15 is 0 Å². The summed E-state index contributed by atoms with van der Waals surface area (Å²) in [7, 11) is 0. The molecule has 1 spiro atoms. The highest BCUT2D eigenvalue weighted by atomic mass is 16.6. The second-order valence-electron chi connectivity index (χ2n) is 10.0. The number of Topliss-reactive ketones (excluding diaryl/α,β-unsaturated/α-hetero) is 1. The van der Waals surface area contributed by atoms with Crippen molar-refractivity contribution in [2.45, 2.75) is 31.6 Å². The molecule has 0 radical (unpaired) electrons. The van der Waals surface area contributed by atoms with Gasteiger partial charge in [-0.05, 0) is 43.5 Å². The van der Waals surface area contributed by atoms with Gasteiger partial charge in [-0.2, -0.15) is 5.26 Å². The third-order valence-corrected chi connectivity index (χ3v) is 7.92. The van der Waals surface area contributed by atoms with Crippen molar-refractivity contribution in [3.05, 3.63) is 118 Å². The van der Waals surface area contributed by atoms with E-state index < -0.39 is 10.3 Å². The van der Waals surface area contributed by atoms with E-state index in [1.54, 1.807) is 57.1 Å². The van der Waals surface area contributed by atoms with Gasteiger partial charge in [0.15, 0.2) is 5.78 Å². The molecule has 0 N–H and O–H groups in total. The number of aryl methyl sites for hydroxylation is 1. The largest absolute Gasteiger partial charge is 0.309 e. The van der Waals surface area contributed by atoms with Crippen LogP contribution in [0.1, 0.15) is 30.4 Å². The van der Waals surface area contributed by atoms with Crippen LogP contribution in [0.3, 0.4) is 0 Å². The number of benzene rings is 2. The van der Waals surface area contributed by atoms with Gasteiger partial charge in [0.2, 0.25) is 5.91 Å². The van der Waals surface area contributed by atoms with Crippen LogP contribution in [0.25, 0.3) is 5.82 Å². The first-order valence-electron chi connectivity index (χ1n) is 13.0. The first kappa shape index (κ1) is 25.1. The number of rotatable bonds is 5. The minimum atomic E-state index is -1.66. The van der Waals surface area contributed by atoms with E-state index in [2.05, 4.69) is 12.6 Å². The topological polar surface area (TPSA) is 112 Å². The summed E-state index contributed by atoms with van der Waals surface area (Å²) >= 11 is 0. The molecule has 3 aliphatic rings. The molecule has 1 unspecified atom stereocenters. The van der Waals surface area contributed by atoms with Crippen LogP contribution >= 0.6 is 0 Å². The van der Waals surface area contributed by atoms with Crippen LogP contribution in [-0.2, 0) is 15.0 Å². The third kappa shape index (κ3) is 3.26. The van der Waals surface area contributed by atoms with Crippen LogP contribution in [0.5, 0.6) is 0 Å². The second-order valence-corrected chi connectivity index (χ2v) is 10.0. The summed E-state index contributed by atoms with van der Waals surface area (Å²) in [6.07, 6.45) is 6.38. The Kier molecular flexibility index (Phi) is 5.77. The number of allylic oxidation sites excluding steroid dienone is 1. The number of amides is 1. The SMILES string of the molecule is C=CCN1C(=O)C2(C(C#N)=C(n3cccc3)N(c3cc([N+](=O)[O-])ccc3C)C3=C2C(=O)CCC3)c2ccccc21. The smallest absolute Gasteiger partial charge is 0.271 e. The zero-order valence-corrected chi connectivity index (χ0v) is 21.8. The van der Waals surface area contributed by atoms with Gasteiger partial charge in [-0.1, -0.05) is 30.3 Å². The molecular weight excluding hydrogens is 506 g/mol. The van der Waals surface area contributed by atoms with Crippen LogP contribution in [0, 0.1) is 28.4 Å². The Balaban J connectivity index is 1.79.